The van der Waals surface area contributed by atoms with E-state index in [4.69, 9.17) is 22.5 Å². The number of oxime groups is 1. The van der Waals surface area contributed by atoms with Gasteiger partial charge < -0.3 is 10.9 Å². The van der Waals surface area contributed by atoms with Gasteiger partial charge in [-0.25, -0.2) is 0 Å². The van der Waals surface area contributed by atoms with Gasteiger partial charge in [-0.2, -0.15) is 11.8 Å². The third-order valence-electron chi connectivity index (χ3n) is 3.35. The van der Waals surface area contributed by atoms with Crippen LogP contribution in [0.3, 0.4) is 0 Å². The van der Waals surface area contributed by atoms with Gasteiger partial charge in [-0.15, -0.1) is 0 Å². The quantitative estimate of drug-likeness (QED) is 0.390. The van der Waals surface area contributed by atoms with Crippen LogP contribution in [-0.2, 0) is 6.54 Å². The van der Waals surface area contributed by atoms with Crippen molar-refractivity contribution in [3.63, 3.8) is 0 Å². The molecule has 1 heterocycles. The second-order valence-electron chi connectivity index (χ2n) is 5.24. The van der Waals surface area contributed by atoms with Gasteiger partial charge in [-0.1, -0.05) is 42.7 Å². The van der Waals surface area contributed by atoms with Crippen molar-refractivity contribution in [1.82, 2.24) is 4.90 Å². The molecule has 0 amide bonds. The number of hydrogen-bond acceptors (Lipinski definition) is 4. The minimum atomic E-state index is 0.0788. The molecule has 0 aromatic heterocycles. The monoisotopic (exact) mass is 313 g/mol. The normalized spacial score (nSPS) is 24.9. The number of halogens is 1. The molecule has 4 nitrogen and oxygen atoms in total. The Bertz CT molecular complexity index is 499. The Balaban J connectivity index is 2.10. The molecule has 6 heteroatoms. The van der Waals surface area contributed by atoms with E-state index in [2.05, 4.69) is 23.9 Å². The maximum absolute atomic E-state index is 8.68. The summed E-state index contributed by atoms with van der Waals surface area (Å²) in [5.74, 6) is 0.0788. The molecular weight excluding hydrogens is 294 g/mol. The fourth-order valence-electron chi connectivity index (χ4n) is 2.55. The van der Waals surface area contributed by atoms with Crippen molar-refractivity contribution in [3.05, 3.63) is 34.3 Å². The van der Waals surface area contributed by atoms with Crippen LogP contribution in [0.2, 0.25) is 5.02 Å². The Morgan fingerprint density at radius 1 is 1.45 bits per heavy atom. The van der Waals surface area contributed by atoms with E-state index < -0.39 is 0 Å². The van der Waals surface area contributed by atoms with E-state index in [0.29, 0.717) is 21.1 Å². The smallest absolute Gasteiger partial charge is 0.170 e. The topological polar surface area (TPSA) is 61.8 Å². The fraction of sp³-hybridized carbons (Fsp3) is 0.500. The van der Waals surface area contributed by atoms with Crippen molar-refractivity contribution in [2.75, 3.05) is 13.1 Å². The van der Waals surface area contributed by atoms with Crippen molar-refractivity contribution in [3.8, 4) is 0 Å². The predicted molar refractivity (Wildman–Crippen MR) is 85.8 cm³/mol. The molecule has 1 fully saturated rings. The van der Waals surface area contributed by atoms with Crippen LogP contribution in [0, 0.1) is 0 Å². The highest BCUT2D eigenvalue weighted by Gasteiger charge is 2.22. The van der Waals surface area contributed by atoms with Gasteiger partial charge in [0, 0.05) is 40.7 Å². The molecule has 1 aromatic rings. The molecule has 2 atom stereocenters. The van der Waals surface area contributed by atoms with Crippen molar-refractivity contribution in [2.45, 2.75) is 30.9 Å². The first-order valence-electron chi connectivity index (χ1n) is 6.63. The lowest BCUT2D eigenvalue weighted by Gasteiger charge is -2.34. The Labute approximate surface area is 129 Å². The molecule has 1 aliphatic rings. The Hall–Kier alpha value is -0.910. The summed E-state index contributed by atoms with van der Waals surface area (Å²) in [6, 6.07) is 5.53. The zero-order chi connectivity index (χ0) is 14.7. The molecule has 1 aliphatic heterocycles. The second-order valence-corrected chi connectivity index (χ2v) is 7.53. The molecule has 0 spiro atoms. The summed E-state index contributed by atoms with van der Waals surface area (Å²) in [5.41, 5.74) is 7.27. The van der Waals surface area contributed by atoms with Crippen LogP contribution in [0.4, 0.5) is 0 Å². The highest BCUT2D eigenvalue weighted by molar-refractivity contribution is 8.00. The van der Waals surface area contributed by atoms with Crippen molar-refractivity contribution in [2.24, 2.45) is 10.9 Å². The highest BCUT2D eigenvalue weighted by Crippen LogP contribution is 2.27. The SMILES string of the molecule is CC1CN(Cc2ccc(/C(N)=N/O)cc2Cl)CC(C)S1. The summed E-state index contributed by atoms with van der Waals surface area (Å²) < 4.78 is 0. The van der Waals surface area contributed by atoms with Gasteiger partial charge in [0.25, 0.3) is 0 Å². The van der Waals surface area contributed by atoms with E-state index in [9.17, 15) is 0 Å². The molecule has 0 saturated carbocycles. The largest absolute Gasteiger partial charge is 0.409 e. The summed E-state index contributed by atoms with van der Waals surface area (Å²) in [7, 11) is 0. The molecule has 1 aromatic carbocycles. The first-order chi connectivity index (χ1) is 9.49. The van der Waals surface area contributed by atoms with E-state index >= 15 is 0 Å². The van der Waals surface area contributed by atoms with Crippen LogP contribution in [0.15, 0.2) is 23.4 Å². The Kier molecular flexibility index (Phi) is 5.18. The first-order valence-corrected chi connectivity index (χ1v) is 7.95. The van der Waals surface area contributed by atoms with Crippen LogP contribution in [-0.4, -0.2) is 39.5 Å². The van der Waals surface area contributed by atoms with Crippen LogP contribution in [0.5, 0.6) is 0 Å². The third-order valence-corrected chi connectivity index (χ3v) is 4.92. The molecular formula is C14H20ClN3OS. The first kappa shape index (κ1) is 15.5. The minimum absolute atomic E-state index is 0.0788. The summed E-state index contributed by atoms with van der Waals surface area (Å²) >= 11 is 8.33. The fourth-order valence-corrected chi connectivity index (χ4v) is 4.17. The van der Waals surface area contributed by atoms with Gasteiger partial charge in [0.15, 0.2) is 5.84 Å². The number of nitrogens with two attached hydrogens (primary N) is 1. The summed E-state index contributed by atoms with van der Waals surface area (Å²) in [6.45, 7) is 7.51. The molecule has 0 bridgehead atoms. The summed E-state index contributed by atoms with van der Waals surface area (Å²) in [6.07, 6.45) is 0. The van der Waals surface area contributed by atoms with Gasteiger partial charge in [0.05, 0.1) is 0 Å². The second kappa shape index (κ2) is 6.70. The number of amidine groups is 1. The molecule has 2 rings (SSSR count). The number of hydrogen-bond donors (Lipinski definition) is 2. The van der Waals surface area contributed by atoms with E-state index in [1.54, 1.807) is 6.07 Å². The molecule has 2 unspecified atom stereocenters. The number of nitrogens with zero attached hydrogens (tertiary/aromatic N) is 2. The lowest BCUT2D eigenvalue weighted by atomic mass is 10.1. The van der Waals surface area contributed by atoms with Gasteiger partial charge in [-0.05, 0) is 11.6 Å². The minimum Gasteiger partial charge on any atom is -0.409 e. The maximum atomic E-state index is 8.68. The van der Waals surface area contributed by atoms with Crippen LogP contribution in [0.25, 0.3) is 0 Å². The molecule has 3 N–H and O–H groups in total. The molecule has 0 aliphatic carbocycles. The van der Waals surface area contributed by atoms with Crippen molar-refractivity contribution < 1.29 is 5.21 Å². The van der Waals surface area contributed by atoms with Gasteiger partial charge >= 0.3 is 0 Å². The maximum Gasteiger partial charge on any atom is 0.170 e. The average Bonchev–Trinajstić information content (AvgIpc) is 2.39. The van der Waals surface area contributed by atoms with Crippen LogP contribution >= 0.6 is 23.4 Å². The van der Waals surface area contributed by atoms with Crippen LogP contribution < -0.4 is 5.73 Å². The Morgan fingerprint density at radius 2 is 2.10 bits per heavy atom. The van der Waals surface area contributed by atoms with Crippen molar-refractivity contribution >= 4 is 29.2 Å². The average molecular weight is 314 g/mol. The van der Waals surface area contributed by atoms with E-state index in [0.717, 1.165) is 25.2 Å². The molecule has 110 valence electrons. The van der Waals surface area contributed by atoms with Gasteiger partial charge in [-0.3, -0.25) is 4.90 Å². The molecule has 20 heavy (non-hydrogen) atoms. The molecule has 0 radical (unpaired) electrons. The number of rotatable bonds is 3. The summed E-state index contributed by atoms with van der Waals surface area (Å²) in [5, 5.41) is 13.6. The van der Waals surface area contributed by atoms with E-state index in [-0.39, 0.29) is 5.84 Å². The van der Waals surface area contributed by atoms with E-state index in [1.807, 2.05) is 23.9 Å². The lowest BCUT2D eigenvalue weighted by Crippen LogP contribution is -2.39. The zero-order valence-corrected chi connectivity index (χ0v) is 13.3. The van der Waals surface area contributed by atoms with E-state index in [1.165, 1.54) is 0 Å². The third kappa shape index (κ3) is 3.81. The number of thioether (sulfide) groups is 1. The molecule has 1 saturated heterocycles. The highest BCUT2D eigenvalue weighted by atomic mass is 35.5. The van der Waals surface area contributed by atoms with Crippen molar-refractivity contribution in [1.29, 1.82) is 0 Å². The van der Waals surface area contributed by atoms with Gasteiger partial charge in [0.1, 0.15) is 0 Å². The Morgan fingerprint density at radius 3 is 2.65 bits per heavy atom. The van der Waals surface area contributed by atoms with Crippen LogP contribution in [0.1, 0.15) is 25.0 Å². The number of benzene rings is 1. The summed E-state index contributed by atoms with van der Waals surface area (Å²) in [4.78, 5) is 2.43. The predicted octanol–water partition coefficient (Wildman–Crippen LogP) is 2.76. The van der Waals surface area contributed by atoms with Gasteiger partial charge in [0.2, 0.25) is 0 Å². The zero-order valence-electron chi connectivity index (χ0n) is 11.7. The lowest BCUT2D eigenvalue weighted by molar-refractivity contribution is 0.263. The standard InChI is InChI=1S/C14H20ClN3OS/c1-9-6-18(7-10(2)20-9)8-12-4-3-11(5-13(12)15)14(16)17-19/h3-5,9-10,19H,6-8H2,1-2H3,(H2,16,17).